The molecule has 0 radical (unpaired) electrons. The fraction of sp³-hybridized carbons (Fsp3) is 0.318. The fourth-order valence-corrected chi connectivity index (χ4v) is 3.88. The van der Waals surface area contributed by atoms with Gasteiger partial charge in [0.1, 0.15) is 25.4 Å². The third kappa shape index (κ3) is 3.48. The highest BCUT2D eigenvalue weighted by Crippen LogP contribution is 2.32. The molecule has 146 valence electrons. The van der Waals surface area contributed by atoms with Crippen LogP contribution in [0.1, 0.15) is 23.0 Å². The first-order valence-electron chi connectivity index (χ1n) is 9.69. The van der Waals surface area contributed by atoms with Crippen LogP contribution in [0.15, 0.2) is 48.5 Å². The summed E-state index contributed by atoms with van der Waals surface area (Å²) in [5.74, 6) is -0.219. The molecule has 0 aliphatic carbocycles. The summed E-state index contributed by atoms with van der Waals surface area (Å²) in [6, 6.07) is 15.2. The molecule has 1 aliphatic heterocycles. The van der Waals surface area contributed by atoms with Gasteiger partial charge in [-0.15, -0.1) is 0 Å². The fourth-order valence-electron chi connectivity index (χ4n) is 3.88. The number of phenols is 1. The first-order valence-corrected chi connectivity index (χ1v) is 9.69. The van der Waals surface area contributed by atoms with Crippen LogP contribution in [0.3, 0.4) is 0 Å². The molecular formula is C22H25N2O4+. The van der Waals surface area contributed by atoms with Crippen LogP contribution in [0.5, 0.6) is 5.75 Å². The van der Waals surface area contributed by atoms with Crippen LogP contribution >= 0.6 is 0 Å². The number of phenolic OH excluding ortho intramolecular Hbond substituents is 1. The molecule has 1 aromatic heterocycles. The van der Waals surface area contributed by atoms with Gasteiger partial charge in [-0.25, -0.2) is 4.79 Å². The van der Waals surface area contributed by atoms with E-state index >= 15 is 0 Å². The number of para-hydroxylation sites is 1. The molecule has 1 aliphatic rings. The molecule has 6 nitrogen and oxygen atoms in total. The van der Waals surface area contributed by atoms with E-state index in [1.807, 2.05) is 36.4 Å². The summed E-state index contributed by atoms with van der Waals surface area (Å²) < 4.78 is 13.0. The molecule has 0 atom stereocenters. The van der Waals surface area contributed by atoms with E-state index in [1.54, 1.807) is 19.1 Å². The van der Waals surface area contributed by atoms with Gasteiger partial charge in [-0.3, -0.25) is 0 Å². The molecule has 4 rings (SSSR count). The van der Waals surface area contributed by atoms with Crippen LogP contribution in [-0.2, 0) is 16.0 Å². The van der Waals surface area contributed by atoms with Gasteiger partial charge in [0.05, 0.1) is 36.6 Å². The molecule has 0 unspecified atom stereocenters. The number of aromatic nitrogens is 1. The molecule has 1 fully saturated rings. The van der Waals surface area contributed by atoms with E-state index in [-0.39, 0.29) is 11.7 Å². The minimum atomic E-state index is -0.351. The summed E-state index contributed by atoms with van der Waals surface area (Å²) in [4.78, 5) is 14.3. The van der Waals surface area contributed by atoms with Crippen molar-refractivity contribution in [3.05, 3.63) is 59.8 Å². The second-order valence-corrected chi connectivity index (χ2v) is 6.95. The molecule has 28 heavy (non-hydrogen) atoms. The number of quaternary nitrogens is 1. The molecular weight excluding hydrogens is 356 g/mol. The molecule has 3 aromatic rings. The van der Waals surface area contributed by atoms with Crippen molar-refractivity contribution in [3.8, 4) is 11.4 Å². The van der Waals surface area contributed by atoms with Crippen molar-refractivity contribution in [1.82, 2.24) is 4.57 Å². The second kappa shape index (κ2) is 8.04. The molecule has 0 spiro atoms. The van der Waals surface area contributed by atoms with Gasteiger partial charge in [-0.05, 0) is 37.3 Å². The number of aromatic hydroxyl groups is 1. The number of rotatable bonds is 5. The lowest BCUT2D eigenvalue weighted by molar-refractivity contribution is -0.921. The Bertz CT molecular complexity index is 975. The van der Waals surface area contributed by atoms with E-state index in [0.29, 0.717) is 24.1 Å². The van der Waals surface area contributed by atoms with Gasteiger partial charge in [0.25, 0.3) is 0 Å². The maximum atomic E-state index is 12.9. The van der Waals surface area contributed by atoms with Gasteiger partial charge in [-0.2, -0.15) is 0 Å². The summed E-state index contributed by atoms with van der Waals surface area (Å²) in [5.41, 5.74) is 3.31. The minimum Gasteiger partial charge on any atom is -0.508 e. The molecule has 1 saturated heterocycles. The zero-order valence-electron chi connectivity index (χ0n) is 16.0. The SMILES string of the molecule is CCOC(=O)c1c(C[NH+]2CCOCC2)n(-c2ccccc2)c2ccc(O)cc12. The van der Waals surface area contributed by atoms with Crippen molar-refractivity contribution in [2.45, 2.75) is 13.5 Å². The number of nitrogens with zero attached hydrogens (tertiary/aromatic N) is 1. The van der Waals surface area contributed by atoms with Crippen molar-refractivity contribution >= 4 is 16.9 Å². The first-order chi connectivity index (χ1) is 13.7. The number of esters is 1. The third-order valence-electron chi connectivity index (χ3n) is 5.16. The quantitative estimate of drug-likeness (QED) is 0.663. The van der Waals surface area contributed by atoms with Crippen molar-refractivity contribution in [2.75, 3.05) is 32.9 Å². The zero-order valence-corrected chi connectivity index (χ0v) is 16.0. The third-order valence-corrected chi connectivity index (χ3v) is 5.16. The summed E-state index contributed by atoms with van der Waals surface area (Å²) in [7, 11) is 0. The first kappa shape index (κ1) is 18.5. The van der Waals surface area contributed by atoms with Crippen molar-refractivity contribution < 1.29 is 24.3 Å². The zero-order chi connectivity index (χ0) is 19.5. The number of nitrogens with one attached hydrogen (secondary N) is 1. The molecule has 2 heterocycles. The average Bonchev–Trinajstić information content (AvgIpc) is 3.02. The van der Waals surface area contributed by atoms with Crippen LogP contribution in [0.2, 0.25) is 0 Å². The number of hydrogen-bond acceptors (Lipinski definition) is 4. The maximum Gasteiger partial charge on any atom is 0.340 e. The van der Waals surface area contributed by atoms with Gasteiger partial charge in [0.15, 0.2) is 0 Å². The predicted molar refractivity (Wildman–Crippen MR) is 106 cm³/mol. The molecule has 2 aromatic carbocycles. The lowest BCUT2D eigenvalue weighted by Crippen LogP contribution is -3.12. The molecule has 0 saturated carbocycles. The normalized spacial score (nSPS) is 15.0. The second-order valence-electron chi connectivity index (χ2n) is 6.95. The van der Waals surface area contributed by atoms with Crippen LogP contribution in [0.25, 0.3) is 16.6 Å². The highest BCUT2D eigenvalue weighted by Gasteiger charge is 2.28. The Kier molecular flexibility index (Phi) is 5.32. The van der Waals surface area contributed by atoms with Gasteiger partial charge >= 0.3 is 5.97 Å². The highest BCUT2D eigenvalue weighted by molar-refractivity contribution is 6.07. The van der Waals surface area contributed by atoms with Crippen LogP contribution < -0.4 is 4.90 Å². The number of carbonyl (C=O) groups excluding carboxylic acids is 1. The smallest absolute Gasteiger partial charge is 0.340 e. The van der Waals surface area contributed by atoms with E-state index in [0.717, 1.165) is 43.2 Å². The number of ether oxygens (including phenoxy) is 2. The Balaban J connectivity index is 1.95. The largest absolute Gasteiger partial charge is 0.508 e. The van der Waals surface area contributed by atoms with Crippen molar-refractivity contribution in [2.24, 2.45) is 0 Å². The summed E-state index contributed by atoms with van der Waals surface area (Å²) in [5, 5.41) is 10.8. The van der Waals surface area contributed by atoms with E-state index in [9.17, 15) is 9.90 Å². The lowest BCUT2D eigenvalue weighted by Gasteiger charge is -2.25. The Morgan fingerprint density at radius 2 is 1.93 bits per heavy atom. The average molecular weight is 381 g/mol. The monoisotopic (exact) mass is 381 g/mol. The van der Waals surface area contributed by atoms with E-state index in [1.165, 1.54) is 4.90 Å². The van der Waals surface area contributed by atoms with Gasteiger partial charge < -0.3 is 24.0 Å². The van der Waals surface area contributed by atoms with E-state index < -0.39 is 0 Å². The van der Waals surface area contributed by atoms with E-state index in [4.69, 9.17) is 9.47 Å². The number of morpholine rings is 1. The molecule has 6 heteroatoms. The Morgan fingerprint density at radius 3 is 2.64 bits per heavy atom. The molecule has 2 N–H and O–H groups in total. The molecule has 0 bridgehead atoms. The maximum absolute atomic E-state index is 12.9. The number of hydrogen-bond donors (Lipinski definition) is 2. The predicted octanol–water partition coefficient (Wildman–Crippen LogP) is 1.93. The Hall–Kier alpha value is -2.83. The van der Waals surface area contributed by atoms with E-state index in [2.05, 4.69) is 4.57 Å². The summed E-state index contributed by atoms with van der Waals surface area (Å²) in [6.45, 7) is 6.01. The van der Waals surface area contributed by atoms with Crippen LogP contribution in [0, 0.1) is 0 Å². The topological polar surface area (TPSA) is 65.1 Å². The van der Waals surface area contributed by atoms with Gasteiger partial charge in [-0.1, -0.05) is 18.2 Å². The minimum absolute atomic E-state index is 0.133. The highest BCUT2D eigenvalue weighted by atomic mass is 16.5. The summed E-state index contributed by atoms with van der Waals surface area (Å²) in [6.07, 6.45) is 0. The van der Waals surface area contributed by atoms with Gasteiger partial charge in [0, 0.05) is 11.1 Å². The summed E-state index contributed by atoms with van der Waals surface area (Å²) >= 11 is 0. The Labute approximate surface area is 163 Å². The lowest BCUT2D eigenvalue weighted by atomic mass is 10.1. The van der Waals surface area contributed by atoms with Crippen molar-refractivity contribution in [3.63, 3.8) is 0 Å². The van der Waals surface area contributed by atoms with Crippen LogP contribution in [-0.4, -0.2) is 48.6 Å². The van der Waals surface area contributed by atoms with Crippen LogP contribution in [0.4, 0.5) is 0 Å². The number of benzene rings is 2. The number of fused-ring (bicyclic) bond motifs is 1. The number of carbonyl (C=O) groups is 1. The van der Waals surface area contributed by atoms with Crippen molar-refractivity contribution in [1.29, 1.82) is 0 Å². The Morgan fingerprint density at radius 1 is 1.18 bits per heavy atom. The van der Waals surface area contributed by atoms with Gasteiger partial charge in [0.2, 0.25) is 0 Å². The standard InChI is InChI=1S/C22H24N2O4/c1-2-28-22(26)21-18-14-17(25)8-9-19(18)24(16-6-4-3-5-7-16)20(21)15-23-10-12-27-13-11-23/h3-9,14,25H,2,10-13,15H2,1H3/p+1. The molecule has 0 amide bonds.